The molecule has 0 radical (unpaired) electrons. The van der Waals surface area contributed by atoms with E-state index in [1.807, 2.05) is 61.5 Å². The predicted octanol–water partition coefficient (Wildman–Crippen LogP) is 2.12. The van der Waals surface area contributed by atoms with Gasteiger partial charge in [0.2, 0.25) is 0 Å². The van der Waals surface area contributed by atoms with E-state index < -0.39 is 0 Å². The highest BCUT2D eigenvalue weighted by molar-refractivity contribution is 5.95. The van der Waals surface area contributed by atoms with Crippen molar-refractivity contribution in [2.75, 3.05) is 0 Å². The molecule has 0 saturated heterocycles. The van der Waals surface area contributed by atoms with Gasteiger partial charge in [-0.25, -0.2) is 0 Å². The first-order valence-corrected chi connectivity index (χ1v) is 6.81. The summed E-state index contributed by atoms with van der Waals surface area (Å²) < 4.78 is 0. The van der Waals surface area contributed by atoms with E-state index >= 15 is 0 Å². The number of amides is 1. The summed E-state index contributed by atoms with van der Waals surface area (Å²) >= 11 is 0. The van der Waals surface area contributed by atoms with Gasteiger partial charge in [-0.15, -0.1) is 0 Å². The average molecular weight is 281 g/mol. The first-order valence-electron chi connectivity index (χ1n) is 6.81. The Bertz CT molecular complexity index is 646. The van der Waals surface area contributed by atoms with Crippen LogP contribution in [0, 0.1) is 6.92 Å². The molecule has 0 spiro atoms. The Morgan fingerprint density at radius 1 is 1.05 bits per heavy atom. The molecule has 4 heteroatoms. The van der Waals surface area contributed by atoms with E-state index in [9.17, 15) is 4.79 Å². The number of rotatable bonds is 4. The van der Waals surface area contributed by atoms with Crippen LogP contribution in [0.1, 0.15) is 22.6 Å². The summed E-state index contributed by atoms with van der Waals surface area (Å²) in [5, 5.41) is 0. The third-order valence-corrected chi connectivity index (χ3v) is 3.42. The maximum Gasteiger partial charge on any atom is 0.256 e. The smallest absolute Gasteiger partial charge is 0.256 e. The molecule has 2 rings (SSSR count). The Hall–Kier alpha value is -2.62. The molecule has 1 atom stereocenters. The van der Waals surface area contributed by atoms with Crippen molar-refractivity contribution in [3.05, 3.63) is 71.3 Å². The molecule has 1 amide bonds. The van der Waals surface area contributed by atoms with Crippen molar-refractivity contribution in [3.8, 4) is 0 Å². The third kappa shape index (κ3) is 3.92. The number of hydrogen-bond acceptors (Lipinski definition) is 1. The van der Waals surface area contributed by atoms with Gasteiger partial charge in [0.05, 0.1) is 5.92 Å². The van der Waals surface area contributed by atoms with Gasteiger partial charge in [-0.05, 0) is 30.0 Å². The molecule has 4 nitrogen and oxygen atoms in total. The summed E-state index contributed by atoms with van der Waals surface area (Å²) in [6, 6.07) is 17.6. The Kier molecular flexibility index (Phi) is 4.72. The van der Waals surface area contributed by atoms with Crippen LogP contribution in [0.5, 0.6) is 0 Å². The fourth-order valence-electron chi connectivity index (χ4n) is 2.30. The van der Waals surface area contributed by atoms with Gasteiger partial charge in [-0.3, -0.25) is 4.79 Å². The zero-order chi connectivity index (χ0) is 15.2. The molecule has 0 heterocycles. The van der Waals surface area contributed by atoms with Gasteiger partial charge in [0.15, 0.2) is 5.96 Å². The largest absolute Gasteiger partial charge is 0.370 e. The molecule has 0 bridgehead atoms. The first-order chi connectivity index (χ1) is 10.1. The number of aliphatic imine (C=N–C) groups is 1. The monoisotopic (exact) mass is 281 g/mol. The van der Waals surface area contributed by atoms with Crippen LogP contribution >= 0.6 is 0 Å². The molecule has 0 fully saturated rings. The molecule has 2 aromatic rings. The summed E-state index contributed by atoms with van der Waals surface area (Å²) in [7, 11) is 0. The topological polar surface area (TPSA) is 81.5 Å². The first kappa shape index (κ1) is 14.8. The minimum absolute atomic E-state index is 0.203. The van der Waals surface area contributed by atoms with Gasteiger partial charge in [-0.1, -0.05) is 54.6 Å². The normalized spacial score (nSPS) is 11.7. The second kappa shape index (κ2) is 6.70. The lowest BCUT2D eigenvalue weighted by atomic mass is 9.89. The standard InChI is InChI=1S/C17H19N3O/c1-12-7-5-6-10-14(12)11-15(16(21)20-17(18)19)13-8-3-2-4-9-13/h2-10,15H,11H2,1H3,(H4,18,19,20,21). The van der Waals surface area contributed by atoms with Crippen LogP contribution < -0.4 is 11.5 Å². The van der Waals surface area contributed by atoms with E-state index in [2.05, 4.69) is 4.99 Å². The Morgan fingerprint density at radius 2 is 1.67 bits per heavy atom. The molecular formula is C17H19N3O. The van der Waals surface area contributed by atoms with E-state index in [-0.39, 0.29) is 17.8 Å². The van der Waals surface area contributed by atoms with Gasteiger partial charge in [0.25, 0.3) is 5.91 Å². The second-order valence-electron chi connectivity index (χ2n) is 4.97. The van der Waals surface area contributed by atoms with E-state index in [1.54, 1.807) is 0 Å². The minimum atomic E-state index is -0.380. The quantitative estimate of drug-likeness (QED) is 0.665. The molecule has 4 N–H and O–H groups in total. The van der Waals surface area contributed by atoms with Crippen LogP contribution in [0.15, 0.2) is 59.6 Å². The number of hydrogen-bond donors (Lipinski definition) is 2. The fourth-order valence-corrected chi connectivity index (χ4v) is 2.30. The second-order valence-corrected chi connectivity index (χ2v) is 4.97. The Labute approximate surface area is 124 Å². The van der Waals surface area contributed by atoms with Crippen molar-refractivity contribution < 1.29 is 4.79 Å². The number of guanidine groups is 1. The zero-order valence-corrected chi connectivity index (χ0v) is 12.0. The van der Waals surface area contributed by atoms with Crippen LogP contribution in [-0.2, 0) is 11.2 Å². The molecule has 108 valence electrons. The highest BCUT2D eigenvalue weighted by atomic mass is 16.1. The summed E-state index contributed by atoms with van der Waals surface area (Å²) in [6.07, 6.45) is 0.576. The van der Waals surface area contributed by atoms with Gasteiger partial charge < -0.3 is 11.5 Å². The molecular weight excluding hydrogens is 262 g/mol. The van der Waals surface area contributed by atoms with Crippen LogP contribution in [0.4, 0.5) is 0 Å². The van der Waals surface area contributed by atoms with Crippen molar-refractivity contribution in [1.29, 1.82) is 0 Å². The van der Waals surface area contributed by atoms with Crippen LogP contribution in [0.2, 0.25) is 0 Å². The summed E-state index contributed by atoms with van der Waals surface area (Å²) in [6.45, 7) is 2.03. The molecule has 2 aromatic carbocycles. The zero-order valence-electron chi connectivity index (χ0n) is 12.0. The SMILES string of the molecule is Cc1ccccc1CC(C(=O)N=C(N)N)c1ccccc1. The maximum atomic E-state index is 12.3. The van der Waals surface area contributed by atoms with E-state index in [0.717, 1.165) is 16.7 Å². The van der Waals surface area contributed by atoms with Crippen LogP contribution in [0.3, 0.4) is 0 Å². The average Bonchev–Trinajstić information content (AvgIpc) is 2.46. The Morgan fingerprint density at radius 3 is 2.29 bits per heavy atom. The number of carbonyl (C=O) groups is 1. The number of benzene rings is 2. The molecule has 0 saturated carbocycles. The molecule has 0 aliphatic rings. The number of nitrogens with two attached hydrogens (primary N) is 2. The third-order valence-electron chi connectivity index (χ3n) is 3.42. The van der Waals surface area contributed by atoms with Crippen molar-refractivity contribution in [1.82, 2.24) is 0 Å². The van der Waals surface area contributed by atoms with Crippen molar-refractivity contribution in [3.63, 3.8) is 0 Å². The van der Waals surface area contributed by atoms with Crippen molar-refractivity contribution >= 4 is 11.9 Å². The lowest BCUT2D eigenvalue weighted by molar-refractivity contribution is -0.119. The summed E-state index contributed by atoms with van der Waals surface area (Å²) in [5.41, 5.74) is 13.9. The van der Waals surface area contributed by atoms with Crippen molar-refractivity contribution in [2.45, 2.75) is 19.3 Å². The number of nitrogens with zero attached hydrogens (tertiary/aromatic N) is 1. The minimum Gasteiger partial charge on any atom is -0.370 e. The van der Waals surface area contributed by atoms with Crippen LogP contribution in [-0.4, -0.2) is 11.9 Å². The maximum absolute atomic E-state index is 12.3. The number of carbonyl (C=O) groups excluding carboxylic acids is 1. The lowest BCUT2D eigenvalue weighted by Gasteiger charge is -2.15. The Balaban J connectivity index is 2.35. The predicted molar refractivity (Wildman–Crippen MR) is 84.9 cm³/mol. The number of aryl methyl sites for hydroxylation is 1. The van der Waals surface area contributed by atoms with Gasteiger partial charge in [0, 0.05) is 0 Å². The highest BCUT2D eigenvalue weighted by Crippen LogP contribution is 2.24. The van der Waals surface area contributed by atoms with Crippen LogP contribution in [0.25, 0.3) is 0 Å². The summed E-state index contributed by atoms with van der Waals surface area (Å²) in [5.74, 6) is -0.899. The van der Waals surface area contributed by atoms with Gasteiger partial charge in [0.1, 0.15) is 0 Å². The highest BCUT2D eigenvalue weighted by Gasteiger charge is 2.21. The lowest BCUT2D eigenvalue weighted by Crippen LogP contribution is -2.26. The van der Waals surface area contributed by atoms with E-state index in [4.69, 9.17) is 11.5 Å². The van der Waals surface area contributed by atoms with E-state index in [1.165, 1.54) is 0 Å². The van der Waals surface area contributed by atoms with E-state index in [0.29, 0.717) is 6.42 Å². The molecule has 0 aliphatic carbocycles. The van der Waals surface area contributed by atoms with Crippen molar-refractivity contribution in [2.24, 2.45) is 16.5 Å². The summed E-state index contributed by atoms with van der Waals surface area (Å²) in [4.78, 5) is 16.0. The molecule has 21 heavy (non-hydrogen) atoms. The molecule has 0 aromatic heterocycles. The van der Waals surface area contributed by atoms with Gasteiger partial charge >= 0.3 is 0 Å². The fraction of sp³-hybridized carbons (Fsp3) is 0.176. The van der Waals surface area contributed by atoms with Gasteiger partial charge in [-0.2, -0.15) is 4.99 Å². The molecule has 1 unspecified atom stereocenters. The molecule has 0 aliphatic heterocycles.